The van der Waals surface area contributed by atoms with E-state index in [1.807, 2.05) is 24.3 Å². The summed E-state index contributed by atoms with van der Waals surface area (Å²) >= 11 is 3.38. The predicted molar refractivity (Wildman–Crippen MR) is 76.0 cm³/mol. The van der Waals surface area contributed by atoms with Gasteiger partial charge in [-0.3, -0.25) is 4.79 Å². The summed E-state index contributed by atoms with van der Waals surface area (Å²) in [5.74, 6) is 0.0156. The highest BCUT2D eigenvalue weighted by Crippen LogP contribution is 2.37. The quantitative estimate of drug-likeness (QED) is 0.843. The molecule has 90 valence electrons. The number of amides is 1. The zero-order valence-electron chi connectivity index (χ0n) is 9.69. The van der Waals surface area contributed by atoms with E-state index in [2.05, 4.69) is 45.5 Å². The molecule has 18 heavy (non-hydrogen) atoms. The third-order valence-electron chi connectivity index (χ3n) is 3.13. The SMILES string of the molecule is O=C1Nc2cc(Cc3ccccc3)ccc2C1Br. The number of alkyl halides is 1. The van der Waals surface area contributed by atoms with Gasteiger partial charge in [-0.2, -0.15) is 0 Å². The van der Waals surface area contributed by atoms with Crippen LogP contribution in [0.1, 0.15) is 21.5 Å². The van der Waals surface area contributed by atoms with Crippen LogP contribution < -0.4 is 5.32 Å². The van der Waals surface area contributed by atoms with Crippen molar-refractivity contribution in [3.05, 3.63) is 65.2 Å². The zero-order chi connectivity index (χ0) is 12.5. The van der Waals surface area contributed by atoms with Gasteiger partial charge < -0.3 is 5.32 Å². The molecule has 0 saturated carbocycles. The number of nitrogens with one attached hydrogen (secondary N) is 1. The van der Waals surface area contributed by atoms with E-state index < -0.39 is 0 Å². The first-order chi connectivity index (χ1) is 8.74. The van der Waals surface area contributed by atoms with Gasteiger partial charge in [0, 0.05) is 5.69 Å². The summed E-state index contributed by atoms with van der Waals surface area (Å²) in [5.41, 5.74) is 4.44. The number of halogens is 1. The van der Waals surface area contributed by atoms with Crippen molar-refractivity contribution in [1.82, 2.24) is 0 Å². The van der Waals surface area contributed by atoms with Crippen LogP contribution in [0.5, 0.6) is 0 Å². The van der Waals surface area contributed by atoms with E-state index in [0.717, 1.165) is 17.7 Å². The number of rotatable bonds is 2. The smallest absolute Gasteiger partial charge is 0.242 e. The maximum atomic E-state index is 11.5. The molecule has 2 aromatic rings. The lowest BCUT2D eigenvalue weighted by molar-refractivity contribution is -0.115. The maximum absolute atomic E-state index is 11.5. The van der Waals surface area contributed by atoms with E-state index in [4.69, 9.17) is 0 Å². The Kier molecular flexibility index (Phi) is 2.92. The first kappa shape index (κ1) is 11.5. The molecule has 3 rings (SSSR count). The van der Waals surface area contributed by atoms with Gasteiger partial charge in [-0.1, -0.05) is 58.4 Å². The summed E-state index contributed by atoms with van der Waals surface area (Å²) in [5, 5.41) is 2.89. The molecule has 1 heterocycles. The minimum atomic E-state index is -0.210. The molecule has 0 bridgehead atoms. The van der Waals surface area contributed by atoms with Crippen molar-refractivity contribution in [2.45, 2.75) is 11.2 Å². The average Bonchev–Trinajstić information content (AvgIpc) is 2.66. The molecule has 0 saturated heterocycles. The van der Waals surface area contributed by atoms with Crippen LogP contribution in [0.3, 0.4) is 0 Å². The average molecular weight is 302 g/mol. The minimum Gasteiger partial charge on any atom is -0.324 e. The van der Waals surface area contributed by atoms with Crippen molar-refractivity contribution in [1.29, 1.82) is 0 Å². The topological polar surface area (TPSA) is 29.1 Å². The number of fused-ring (bicyclic) bond motifs is 1. The number of anilines is 1. The first-order valence-electron chi connectivity index (χ1n) is 5.86. The standard InChI is InChI=1S/C15H12BrNO/c16-14-12-7-6-11(9-13(12)17-15(14)18)8-10-4-2-1-3-5-10/h1-7,9,14H,8H2,(H,17,18). The van der Waals surface area contributed by atoms with Crippen molar-refractivity contribution in [2.24, 2.45) is 0 Å². The van der Waals surface area contributed by atoms with Crippen molar-refractivity contribution < 1.29 is 4.79 Å². The summed E-state index contributed by atoms with van der Waals surface area (Å²) in [7, 11) is 0. The van der Waals surface area contributed by atoms with Crippen LogP contribution in [0, 0.1) is 0 Å². The molecular formula is C15H12BrNO. The molecule has 1 amide bonds. The zero-order valence-corrected chi connectivity index (χ0v) is 11.3. The fourth-order valence-corrected chi connectivity index (χ4v) is 2.73. The largest absolute Gasteiger partial charge is 0.324 e. The van der Waals surface area contributed by atoms with Gasteiger partial charge in [-0.25, -0.2) is 0 Å². The maximum Gasteiger partial charge on any atom is 0.242 e. The molecule has 0 aromatic heterocycles. The molecule has 1 N–H and O–H groups in total. The fourth-order valence-electron chi connectivity index (χ4n) is 2.21. The minimum absolute atomic E-state index is 0.0156. The Morgan fingerprint density at radius 1 is 1.06 bits per heavy atom. The third kappa shape index (κ3) is 2.06. The highest BCUT2D eigenvalue weighted by atomic mass is 79.9. The highest BCUT2D eigenvalue weighted by Gasteiger charge is 2.27. The Bertz CT molecular complexity index is 595. The molecule has 1 atom stereocenters. The van der Waals surface area contributed by atoms with Crippen molar-refractivity contribution in [3.8, 4) is 0 Å². The normalized spacial score (nSPS) is 17.4. The van der Waals surface area contributed by atoms with Crippen LogP contribution in [0.15, 0.2) is 48.5 Å². The van der Waals surface area contributed by atoms with Gasteiger partial charge in [-0.05, 0) is 29.2 Å². The van der Waals surface area contributed by atoms with Gasteiger partial charge >= 0.3 is 0 Å². The van der Waals surface area contributed by atoms with Crippen LogP contribution in [-0.4, -0.2) is 5.91 Å². The molecule has 2 nitrogen and oxygen atoms in total. The van der Waals surface area contributed by atoms with Crippen LogP contribution in [-0.2, 0) is 11.2 Å². The highest BCUT2D eigenvalue weighted by molar-refractivity contribution is 9.09. The summed E-state index contributed by atoms with van der Waals surface area (Å²) in [6.45, 7) is 0. The fraction of sp³-hybridized carbons (Fsp3) is 0.133. The van der Waals surface area contributed by atoms with Crippen molar-refractivity contribution in [2.75, 3.05) is 5.32 Å². The van der Waals surface area contributed by atoms with Gasteiger partial charge in [0.15, 0.2) is 0 Å². The number of carbonyl (C=O) groups excluding carboxylic acids is 1. The Hall–Kier alpha value is -1.61. The van der Waals surface area contributed by atoms with E-state index in [-0.39, 0.29) is 10.7 Å². The number of carbonyl (C=O) groups is 1. The molecule has 0 aliphatic carbocycles. The second-order valence-corrected chi connectivity index (χ2v) is 5.35. The van der Waals surface area contributed by atoms with Gasteiger partial charge in [0.2, 0.25) is 5.91 Å². The van der Waals surface area contributed by atoms with Crippen LogP contribution in [0.2, 0.25) is 0 Å². The van der Waals surface area contributed by atoms with Gasteiger partial charge in [0.05, 0.1) is 0 Å². The molecule has 1 aliphatic rings. The van der Waals surface area contributed by atoms with Crippen LogP contribution in [0.4, 0.5) is 5.69 Å². The van der Waals surface area contributed by atoms with Crippen molar-refractivity contribution in [3.63, 3.8) is 0 Å². The molecular weight excluding hydrogens is 290 g/mol. The Labute approximate surface area is 114 Å². The lowest BCUT2D eigenvalue weighted by Crippen LogP contribution is -2.06. The molecule has 0 spiro atoms. The van der Waals surface area contributed by atoms with Crippen LogP contribution >= 0.6 is 15.9 Å². The predicted octanol–water partition coefficient (Wildman–Crippen LogP) is 3.67. The number of benzene rings is 2. The van der Waals surface area contributed by atoms with E-state index in [9.17, 15) is 4.79 Å². The molecule has 1 unspecified atom stereocenters. The Morgan fingerprint density at radius 2 is 1.83 bits per heavy atom. The summed E-state index contributed by atoms with van der Waals surface area (Å²) in [6.07, 6.45) is 0.886. The van der Waals surface area contributed by atoms with Gasteiger partial charge in [0.1, 0.15) is 4.83 Å². The number of hydrogen-bond donors (Lipinski definition) is 1. The van der Waals surface area contributed by atoms with E-state index in [1.165, 1.54) is 11.1 Å². The van der Waals surface area contributed by atoms with Gasteiger partial charge in [-0.15, -0.1) is 0 Å². The van der Waals surface area contributed by atoms with Gasteiger partial charge in [0.25, 0.3) is 0 Å². The second-order valence-electron chi connectivity index (χ2n) is 4.44. The monoisotopic (exact) mass is 301 g/mol. The summed E-state index contributed by atoms with van der Waals surface area (Å²) in [6, 6.07) is 16.5. The number of hydrogen-bond acceptors (Lipinski definition) is 1. The lowest BCUT2D eigenvalue weighted by atomic mass is 10.0. The summed E-state index contributed by atoms with van der Waals surface area (Å²) < 4.78 is 0. The molecule has 2 aromatic carbocycles. The van der Waals surface area contributed by atoms with E-state index >= 15 is 0 Å². The second kappa shape index (κ2) is 4.58. The molecule has 3 heteroatoms. The third-order valence-corrected chi connectivity index (χ3v) is 4.04. The van der Waals surface area contributed by atoms with E-state index in [0.29, 0.717) is 0 Å². The first-order valence-corrected chi connectivity index (χ1v) is 6.77. The summed E-state index contributed by atoms with van der Waals surface area (Å²) in [4.78, 5) is 11.3. The van der Waals surface area contributed by atoms with E-state index in [1.54, 1.807) is 0 Å². The Morgan fingerprint density at radius 3 is 2.61 bits per heavy atom. The van der Waals surface area contributed by atoms with Crippen molar-refractivity contribution >= 4 is 27.5 Å². The molecule has 0 radical (unpaired) electrons. The Balaban J connectivity index is 1.88. The van der Waals surface area contributed by atoms with Crippen LogP contribution in [0.25, 0.3) is 0 Å². The lowest BCUT2D eigenvalue weighted by Gasteiger charge is -2.05. The molecule has 1 aliphatic heterocycles. The molecule has 0 fully saturated rings.